The lowest BCUT2D eigenvalue weighted by Crippen LogP contribution is -2.47. The fourth-order valence-electron chi connectivity index (χ4n) is 3.40. The first-order valence-electron chi connectivity index (χ1n) is 7.96. The lowest BCUT2D eigenvalue weighted by atomic mass is 9.73. The number of cyclic esters (lactones) is 1. The van der Waals surface area contributed by atoms with Gasteiger partial charge in [-0.3, -0.25) is 4.79 Å². The fourth-order valence-corrected chi connectivity index (χ4v) is 3.57. The summed E-state index contributed by atoms with van der Waals surface area (Å²) in [6.07, 6.45) is 2.44. The van der Waals surface area contributed by atoms with E-state index >= 15 is 0 Å². The van der Waals surface area contributed by atoms with E-state index < -0.39 is 0 Å². The molecule has 6 heteroatoms. The number of hydrogen-bond acceptors (Lipinski definition) is 5. The summed E-state index contributed by atoms with van der Waals surface area (Å²) in [6, 6.07) is 5.48. The van der Waals surface area contributed by atoms with Crippen molar-refractivity contribution in [3.8, 4) is 5.75 Å². The molecule has 2 aliphatic rings. The fraction of sp³-hybridized carbons (Fsp3) is 0.588. The lowest BCUT2D eigenvalue weighted by molar-refractivity contribution is -0.139. The van der Waals surface area contributed by atoms with E-state index in [-0.39, 0.29) is 17.4 Å². The van der Waals surface area contributed by atoms with Crippen molar-refractivity contribution in [1.82, 2.24) is 5.32 Å². The molecule has 0 saturated carbocycles. The monoisotopic (exact) mass is 339 g/mol. The van der Waals surface area contributed by atoms with Crippen molar-refractivity contribution in [2.45, 2.75) is 30.7 Å². The molecule has 3 rings (SSSR count). The Hall–Kier alpha value is -1.30. The van der Waals surface area contributed by atoms with Gasteiger partial charge in [-0.2, -0.15) is 0 Å². The molecular formula is C17H22ClNO4. The maximum atomic E-state index is 11.7. The zero-order chi connectivity index (χ0) is 16.3. The largest absolute Gasteiger partial charge is 0.496 e. The number of rotatable bonds is 5. The first-order chi connectivity index (χ1) is 11.1. The summed E-state index contributed by atoms with van der Waals surface area (Å²) < 4.78 is 16.1. The summed E-state index contributed by atoms with van der Waals surface area (Å²) in [5.41, 5.74) is 0.923. The van der Waals surface area contributed by atoms with Gasteiger partial charge in [0.05, 0.1) is 13.7 Å². The summed E-state index contributed by atoms with van der Waals surface area (Å²) in [5.74, 6) is 0.664. The van der Waals surface area contributed by atoms with Gasteiger partial charge in [-0.1, -0.05) is 11.6 Å². The van der Waals surface area contributed by atoms with Gasteiger partial charge in [-0.15, -0.1) is 0 Å². The third kappa shape index (κ3) is 3.47. The van der Waals surface area contributed by atoms with Crippen molar-refractivity contribution in [2.24, 2.45) is 0 Å². The van der Waals surface area contributed by atoms with Gasteiger partial charge in [0.2, 0.25) is 0 Å². The topological polar surface area (TPSA) is 56.8 Å². The normalized spacial score (nSPS) is 23.6. The predicted molar refractivity (Wildman–Crippen MR) is 87.1 cm³/mol. The second-order valence-corrected chi connectivity index (χ2v) is 6.56. The van der Waals surface area contributed by atoms with Crippen molar-refractivity contribution >= 4 is 17.6 Å². The predicted octanol–water partition coefficient (Wildman–Crippen LogP) is 2.30. The molecule has 0 aromatic heterocycles. The minimum atomic E-state index is -0.222. The van der Waals surface area contributed by atoms with Crippen molar-refractivity contribution in [2.75, 3.05) is 33.5 Å². The summed E-state index contributed by atoms with van der Waals surface area (Å²) in [6.45, 7) is 2.54. The van der Waals surface area contributed by atoms with Crippen LogP contribution in [-0.4, -0.2) is 45.5 Å². The average molecular weight is 340 g/mol. The van der Waals surface area contributed by atoms with Gasteiger partial charge in [0.15, 0.2) is 0 Å². The Morgan fingerprint density at radius 3 is 2.78 bits per heavy atom. The van der Waals surface area contributed by atoms with Gasteiger partial charge in [0, 0.05) is 42.2 Å². The molecule has 0 bridgehead atoms. The number of carbonyl (C=O) groups excluding carboxylic acids is 1. The molecule has 126 valence electrons. The number of hydrogen-bond donors (Lipinski definition) is 1. The van der Waals surface area contributed by atoms with Crippen LogP contribution in [0.25, 0.3) is 0 Å². The highest BCUT2D eigenvalue weighted by Gasteiger charge is 2.38. The molecule has 0 unspecified atom stereocenters. The minimum absolute atomic E-state index is 0.155. The first kappa shape index (κ1) is 16.6. The molecule has 1 aromatic rings. The average Bonchev–Trinajstić information content (AvgIpc) is 2.99. The highest BCUT2D eigenvalue weighted by atomic mass is 35.5. The Bertz CT molecular complexity index is 572. The molecule has 0 aliphatic carbocycles. The molecule has 1 atom stereocenters. The van der Waals surface area contributed by atoms with Gasteiger partial charge < -0.3 is 19.5 Å². The highest BCUT2D eigenvalue weighted by Crippen LogP contribution is 2.40. The number of nitrogens with one attached hydrogen (secondary N) is 1. The van der Waals surface area contributed by atoms with Gasteiger partial charge in [-0.05, 0) is 31.0 Å². The quantitative estimate of drug-likeness (QED) is 0.834. The molecule has 2 heterocycles. The first-order valence-corrected chi connectivity index (χ1v) is 8.34. The lowest BCUT2D eigenvalue weighted by Gasteiger charge is -2.39. The van der Waals surface area contributed by atoms with Crippen LogP contribution in [0.4, 0.5) is 0 Å². The third-order valence-corrected chi connectivity index (χ3v) is 5.04. The van der Waals surface area contributed by atoms with Crippen LogP contribution in [0.2, 0.25) is 5.02 Å². The molecule has 2 fully saturated rings. The van der Waals surface area contributed by atoms with Crippen molar-refractivity contribution < 1.29 is 19.0 Å². The van der Waals surface area contributed by atoms with Gasteiger partial charge in [-0.25, -0.2) is 0 Å². The van der Waals surface area contributed by atoms with E-state index in [2.05, 4.69) is 5.32 Å². The van der Waals surface area contributed by atoms with Crippen LogP contribution >= 0.6 is 11.6 Å². The molecule has 0 spiro atoms. The molecule has 0 radical (unpaired) electrons. The maximum absolute atomic E-state index is 11.7. The molecule has 2 aliphatic heterocycles. The SMILES string of the molecule is COc1ccc(Cl)cc1C1(CN[C@@H]2CCOC2=O)CCOCC1. The van der Waals surface area contributed by atoms with Crippen LogP contribution in [0, 0.1) is 0 Å². The Morgan fingerprint density at radius 2 is 2.13 bits per heavy atom. The highest BCUT2D eigenvalue weighted by molar-refractivity contribution is 6.30. The van der Waals surface area contributed by atoms with Crippen molar-refractivity contribution in [1.29, 1.82) is 0 Å². The van der Waals surface area contributed by atoms with E-state index in [9.17, 15) is 4.79 Å². The van der Waals surface area contributed by atoms with Crippen LogP contribution in [0.5, 0.6) is 5.75 Å². The van der Waals surface area contributed by atoms with Crippen LogP contribution < -0.4 is 10.1 Å². The molecule has 1 N–H and O–H groups in total. The number of carbonyl (C=O) groups is 1. The Balaban J connectivity index is 1.87. The summed E-state index contributed by atoms with van der Waals surface area (Å²) in [5, 5.41) is 4.07. The number of halogens is 1. The molecule has 23 heavy (non-hydrogen) atoms. The zero-order valence-electron chi connectivity index (χ0n) is 13.3. The van der Waals surface area contributed by atoms with Crippen LogP contribution in [0.15, 0.2) is 18.2 Å². The van der Waals surface area contributed by atoms with Crippen molar-refractivity contribution in [3.63, 3.8) is 0 Å². The van der Waals surface area contributed by atoms with Crippen LogP contribution in [-0.2, 0) is 19.7 Å². The second-order valence-electron chi connectivity index (χ2n) is 6.13. The molecular weight excluding hydrogens is 318 g/mol. The number of ether oxygens (including phenoxy) is 3. The zero-order valence-corrected chi connectivity index (χ0v) is 14.0. The van der Waals surface area contributed by atoms with E-state index in [4.69, 9.17) is 25.8 Å². The Morgan fingerprint density at radius 1 is 1.35 bits per heavy atom. The van der Waals surface area contributed by atoms with E-state index in [1.165, 1.54) is 0 Å². The maximum Gasteiger partial charge on any atom is 0.323 e. The van der Waals surface area contributed by atoms with Gasteiger partial charge in [0.1, 0.15) is 11.8 Å². The van der Waals surface area contributed by atoms with E-state index in [1.54, 1.807) is 7.11 Å². The van der Waals surface area contributed by atoms with Crippen molar-refractivity contribution in [3.05, 3.63) is 28.8 Å². The summed E-state index contributed by atoms with van der Waals surface area (Å²) >= 11 is 6.22. The summed E-state index contributed by atoms with van der Waals surface area (Å²) in [4.78, 5) is 11.7. The van der Waals surface area contributed by atoms with Gasteiger partial charge in [0.25, 0.3) is 0 Å². The van der Waals surface area contributed by atoms with E-state index in [0.29, 0.717) is 31.4 Å². The molecule has 0 amide bonds. The molecule has 1 aromatic carbocycles. The molecule has 2 saturated heterocycles. The van der Waals surface area contributed by atoms with E-state index in [1.807, 2.05) is 18.2 Å². The number of benzene rings is 1. The second kappa shape index (κ2) is 7.07. The standard InChI is InChI=1S/C17H22ClNO4/c1-21-15-3-2-12(18)10-13(15)17(5-8-22-9-6-17)11-19-14-4-7-23-16(14)20/h2-3,10,14,19H,4-9,11H2,1H3/t14-/m1/s1. The minimum Gasteiger partial charge on any atom is -0.496 e. The Kier molecular flexibility index (Phi) is 5.09. The number of methoxy groups -OCH3 is 1. The summed E-state index contributed by atoms with van der Waals surface area (Å²) in [7, 11) is 1.67. The Labute approximate surface area is 141 Å². The smallest absolute Gasteiger partial charge is 0.323 e. The number of esters is 1. The molecule has 5 nitrogen and oxygen atoms in total. The van der Waals surface area contributed by atoms with Crippen LogP contribution in [0.1, 0.15) is 24.8 Å². The van der Waals surface area contributed by atoms with E-state index in [0.717, 1.165) is 30.6 Å². The van der Waals surface area contributed by atoms with Gasteiger partial charge >= 0.3 is 5.97 Å². The third-order valence-electron chi connectivity index (χ3n) is 4.80. The van der Waals surface area contributed by atoms with Crippen LogP contribution in [0.3, 0.4) is 0 Å².